The number of sulfonamides is 1. The molecule has 0 aliphatic heterocycles. The van der Waals surface area contributed by atoms with Gasteiger partial charge in [-0.15, -0.1) is 0 Å². The van der Waals surface area contributed by atoms with Gasteiger partial charge in [-0.2, -0.15) is 13.2 Å². The number of hydrogen-bond donors (Lipinski definition) is 1. The zero-order chi connectivity index (χ0) is 20.4. The minimum absolute atomic E-state index is 0.457. The fraction of sp³-hybridized carbons (Fsp3) is 0.214. The molecule has 0 unspecified atom stereocenters. The number of aromatic nitrogens is 2. The molecule has 0 bridgehead atoms. The molecule has 146 valence electrons. The molecular formula is C14H10ClF4N3O4S. The van der Waals surface area contributed by atoms with E-state index >= 15 is 0 Å². The van der Waals surface area contributed by atoms with Gasteiger partial charge in [0.05, 0.1) is 35.5 Å². The van der Waals surface area contributed by atoms with Gasteiger partial charge >= 0.3 is 12.1 Å². The summed E-state index contributed by atoms with van der Waals surface area (Å²) in [5, 5.41) is -0.476. The van der Waals surface area contributed by atoms with E-state index in [0.717, 1.165) is 31.5 Å². The summed E-state index contributed by atoms with van der Waals surface area (Å²) in [6.45, 7) is -0.888. The van der Waals surface area contributed by atoms with E-state index in [4.69, 9.17) is 11.6 Å². The molecule has 1 N–H and O–H groups in total. The number of carbonyl (C=O) groups is 1. The fourth-order valence-electron chi connectivity index (χ4n) is 1.86. The van der Waals surface area contributed by atoms with Gasteiger partial charge in [0.15, 0.2) is 11.4 Å². The molecule has 0 spiro atoms. The number of hydrogen-bond acceptors (Lipinski definition) is 6. The van der Waals surface area contributed by atoms with Crippen molar-refractivity contribution >= 4 is 27.6 Å². The van der Waals surface area contributed by atoms with Crippen LogP contribution in [0.1, 0.15) is 21.9 Å². The lowest BCUT2D eigenvalue weighted by Gasteiger charge is -2.13. The molecule has 7 nitrogen and oxygen atoms in total. The van der Waals surface area contributed by atoms with Crippen molar-refractivity contribution in [1.82, 2.24) is 14.7 Å². The van der Waals surface area contributed by atoms with Gasteiger partial charge in [-0.25, -0.2) is 27.3 Å². The first-order valence-electron chi connectivity index (χ1n) is 6.92. The van der Waals surface area contributed by atoms with Crippen molar-refractivity contribution in [2.45, 2.75) is 17.6 Å². The van der Waals surface area contributed by atoms with E-state index in [1.165, 1.54) is 0 Å². The van der Waals surface area contributed by atoms with E-state index in [1.54, 1.807) is 0 Å². The molecule has 0 fully saturated rings. The van der Waals surface area contributed by atoms with Gasteiger partial charge in [0.1, 0.15) is 5.82 Å². The quantitative estimate of drug-likeness (QED) is 0.581. The molecule has 27 heavy (non-hydrogen) atoms. The second-order valence-electron chi connectivity index (χ2n) is 4.94. The van der Waals surface area contributed by atoms with Crippen molar-refractivity contribution in [1.29, 1.82) is 0 Å². The summed E-state index contributed by atoms with van der Waals surface area (Å²) < 4.78 is 83.0. The number of carbonyl (C=O) groups excluding carboxylic acids is 1. The molecule has 0 aliphatic rings. The maximum absolute atomic E-state index is 13.1. The lowest BCUT2D eigenvalue weighted by atomic mass is 10.2. The summed E-state index contributed by atoms with van der Waals surface area (Å²) in [4.78, 5) is 17.5. The highest BCUT2D eigenvalue weighted by molar-refractivity contribution is 7.89. The van der Waals surface area contributed by atoms with Crippen LogP contribution in [0.25, 0.3) is 0 Å². The standard InChI is InChI=1S/C14H10ClF4N3O4S/c1-26-13(23)11-5-20-10(12(22-11)14(17,18)19)6-21-27(24,25)7-2-3-9(16)8(15)4-7/h2-5,21H,6H2,1H3. The van der Waals surface area contributed by atoms with Crippen LogP contribution >= 0.6 is 11.6 Å². The Morgan fingerprint density at radius 1 is 1.33 bits per heavy atom. The SMILES string of the molecule is COC(=O)c1cnc(CNS(=O)(=O)c2ccc(F)c(Cl)c2)c(C(F)(F)F)n1. The highest BCUT2D eigenvalue weighted by Gasteiger charge is 2.37. The predicted octanol–water partition coefficient (Wildman–Crippen LogP) is 2.55. The first kappa shape index (κ1) is 21.0. The molecular weight excluding hydrogens is 418 g/mol. The third-order valence-electron chi connectivity index (χ3n) is 3.14. The summed E-state index contributed by atoms with van der Waals surface area (Å²) in [7, 11) is -3.37. The number of methoxy groups -OCH3 is 1. The van der Waals surface area contributed by atoms with Crippen LogP contribution in [0.3, 0.4) is 0 Å². The number of nitrogens with one attached hydrogen (secondary N) is 1. The Balaban J connectivity index is 2.33. The van der Waals surface area contributed by atoms with Crippen LogP contribution in [0.5, 0.6) is 0 Å². The topological polar surface area (TPSA) is 98.2 Å². The average molecular weight is 428 g/mol. The van der Waals surface area contributed by atoms with E-state index in [1.807, 2.05) is 4.72 Å². The van der Waals surface area contributed by atoms with Crippen molar-refractivity contribution in [3.63, 3.8) is 0 Å². The molecule has 1 aromatic carbocycles. The Morgan fingerprint density at radius 2 is 2.00 bits per heavy atom. The molecule has 2 rings (SSSR count). The molecule has 1 aromatic heterocycles. The molecule has 13 heteroatoms. The number of benzene rings is 1. The Hall–Kier alpha value is -2.31. The predicted molar refractivity (Wildman–Crippen MR) is 83.8 cm³/mol. The van der Waals surface area contributed by atoms with Crippen molar-refractivity contribution in [2.24, 2.45) is 0 Å². The molecule has 0 saturated heterocycles. The summed E-state index contributed by atoms with van der Waals surface area (Å²) in [5.74, 6) is -2.00. The molecule has 0 radical (unpaired) electrons. The Morgan fingerprint density at radius 3 is 2.56 bits per heavy atom. The van der Waals surface area contributed by atoms with Gasteiger partial charge in [-0.3, -0.25) is 4.98 Å². The third kappa shape index (κ3) is 4.90. The van der Waals surface area contributed by atoms with Gasteiger partial charge in [0.2, 0.25) is 10.0 Å². The summed E-state index contributed by atoms with van der Waals surface area (Å²) in [6, 6.07) is 2.49. The van der Waals surface area contributed by atoms with E-state index in [2.05, 4.69) is 14.7 Å². The van der Waals surface area contributed by atoms with Crippen molar-refractivity contribution in [3.8, 4) is 0 Å². The molecule has 0 saturated carbocycles. The summed E-state index contributed by atoms with van der Waals surface area (Å²) in [6.07, 6.45) is -4.28. The van der Waals surface area contributed by atoms with Crippen LogP contribution in [0.2, 0.25) is 5.02 Å². The van der Waals surface area contributed by atoms with Crippen molar-refractivity contribution in [2.75, 3.05) is 7.11 Å². The third-order valence-corrected chi connectivity index (χ3v) is 4.83. The minimum atomic E-state index is -5.00. The molecule has 0 amide bonds. The lowest BCUT2D eigenvalue weighted by Crippen LogP contribution is -2.27. The monoisotopic (exact) mass is 427 g/mol. The van der Waals surface area contributed by atoms with Gasteiger partial charge < -0.3 is 4.74 Å². The Labute approximate surface area is 155 Å². The van der Waals surface area contributed by atoms with Gasteiger partial charge in [-0.1, -0.05) is 11.6 Å². The number of esters is 1. The van der Waals surface area contributed by atoms with Crippen LogP contribution in [0.15, 0.2) is 29.3 Å². The largest absolute Gasteiger partial charge is 0.464 e. The van der Waals surface area contributed by atoms with E-state index < -0.39 is 61.5 Å². The molecule has 2 aromatic rings. The number of ether oxygens (including phenoxy) is 1. The molecule has 0 atom stereocenters. The van der Waals surface area contributed by atoms with E-state index in [0.29, 0.717) is 0 Å². The number of nitrogens with zero attached hydrogens (tertiary/aromatic N) is 2. The number of rotatable bonds is 5. The van der Waals surface area contributed by atoms with Crippen LogP contribution in [0.4, 0.5) is 17.6 Å². The zero-order valence-electron chi connectivity index (χ0n) is 13.3. The van der Waals surface area contributed by atoms with E-state index in [-0.39, 0.29) is 0 Å². The van der Waals surface area contributed by atoms with Gasteiger partial charge in [0.25, 0.3) is 0 Å². The second-order valence-corrected chi connectivity index (χ2v) is 7.11. The van der Waals surface area contributed by atoms with Crippen LogP contribution in [0, 0.1) is 5.82 Å². The maximum atomic E-state index is 13.1. The van der Waals surface area contributed by atoms with Crippen LogP contribution in [-0.2, 0) is 27.5 Å². The second kappa shape index (κ2) is 7.74. The van der Waals surface area contributed by atoms with Gasteiger partial charge in [0, 0.05) is 0 Å². The number of halogens is 5. The summed E-state index contributed by atoms with van der Waals surface area (Å²) >= 11 is 5.50. The Kier molecular flexibility index (Phi) is 6.02. The number of alkyl halides is 3. The normalized spacial score (nSPS) is 12.1. The molecule has 0 aliphatic carbocycles. The first-order valence-corrected chi connectivity index (χ1v) is 8.78. The zero-order valence-corrected chi connectivity index (χ0v) is 14.9. The van der Waals surface area contributed by atoms with Crippen LogP contribution in [-0.4, -0.2) is 31.5 Å². The maximum Gasteiger partial charge on any atom is 0.435 e. The van der Waals surface area contributed by atoms with E-state index in [9.17, 15) is 30.8 Å². The lowest BCUT2D eigenvalue weighted by molar-refractivity contribution is -0.142. The first-order chi connectivity index (χ1) is 12.5. The minimum Gasteiger partial charge on any atom is -0.464 e. The van der Waals surface area contributed by atoms with Gasteiger partial charge in [-0.05, 0) is 18.2 Å². The van der Waals surface area contributed by atoms with Crippen LogP contribution < -0.4 is 4.72 Å². The highest BCUT2D eigenvalue weighted by atomic mass is 35.5. The fourth-order valence-corrected chi connectivity index (χ4v) is 3.12. The molecule has 1 heterocycles. The van der Waals surface area contributed by atoms with Crippen molar-refractivity contribution < 1.29 is 35.5 Å². The van der Waals surface area contributed by atoms with Crippen molar-refractivity contribution in [3.05, 3.63) is 52.3 Å². The smallest absolute Gasteiger partial charge is 0.435 e. The summed E-state index contributed by atoms with van der Waals surface area (Å²) in [5.41, 5.74) is -3.01. The highest BCUT2D eigenvalue weighted by Crippen LogP contribution is 2.30. The average Bonchev–Trinajstić information content (AvgIpc) is 2.60. The Bertz CT molecular complexity index is 983.